The molecule has 1 aliphatic rings. The Morgan fingerprint density at radius 1 is 1.48 bits per heavy atom. The molecule has 0 unspecified atom stereocenters. The fourth-order valence-electron chi connectivity index (χ4n) is 1.95. The summed E-state index contributed by atoms with van der Waals surface area (Å²) in [7, 11) is 0. The minimum Gasteiger partial charge on any atom is -0.491 e. The molecule has 1 aliphatic carbocycles. The lowest BCUT2D eigenvalue weighted by atomic mass is 10.3. The summed E-state index contributed by atoms with van der Waals surface area (Å²) in [6, 6.07) is 3.50. The van der Waals surface area contributed by atoms with Crippen LogP contribution in [0.25, 0.3) is 0 Å². The van der Waals surface area contributed by atoms with Gasteiger partial charge in [0.15, 0.2) is 11.6 Å². The van der Waals surface area contributed by atoms with Crippen molar-refractivity contribution in [2.24, 2.45) is 0 Å². The topological polar surface area (TPSA) is 78.9 Å². The number of nitrogens with zero attached hydrogens (tertiary/aromatic N) is 1. The van der Waals surface area contributed by atoms with Crippen LogP contribution in [-0.2, 0) is 4.79 Å². The summed E-state index contributed by atoms with van der Waals surface area (Å²) in [5.41, 5.74) is 0.261. The molecule has 2 rings (SSSR count). The normalized spacial score (nSPS) is 13.6. The SMILES string of the molecule is CCOc1ccc(NC(=O)N(CC(=O)O)C2CC2)cc1F. The maximum Gasteiger partial charge on any atom is 0.323 e. The van der Waals surface area contributed by atoms with Crippen LogP contribution in [0.15, 0.2) is 18.2 Å². The van der Waals surface area contributed by atoms with E-state index in [1.807, 2.05) is 0 Å². The fourth-order valence-corrected chi connectivity index (χ4v) is 1.95. The van der Waals surface area contributed by atoms with Crippen LogP contribution in [0, 0.1) is 5.82 Å². The van der Waals surface area contributed by atoms with Gasteiger partial charge in [0.2, 0.25) is 0 Å². The number of hydrogen-bond donors (Lipinski definition) is 2. The van der Waals surface area contributed by atoms with Crippen molar-refractivity contribution < 1.29 is 23.8 Å². The second kappa shape index (κ2) is 6.43. The van der Waals surface area contributed by atoms with E-state index in [1.54, 1.807) is 6.92 Å². The first-order chi connectivity index (χ1) is 10.0. The van der Waals surface area contributed by atoms with Crippen molar-refractivity contribution in [1.29, 1.82) is 0 Å². The van der Waals surface area contributed by atoms with Crippen molar-refractivity contribution in [3.05, 3.63) is 24.0 Å². The van der Waals surface area contributed by atoms with Gasteiger partial charge in [-0.05, 0) is 31.9 Å². The van der Waals surface area contributed by atoms with Gasteiger partial charge in [-0.1, -0.05) is 0 Å². The largest absolute Gasteiger partial charge is 0.491 e. The van der Waals surface area contributed by atoms with Crippen molar-refractivity contribution in [2.75, 3.05) is 18.5 Å². The average molecular weight is 296 g/mol. The van der Waals surface area contributed by atoms with Crippen LogP contribution in [0.2, 0.25) is 0 Å². The molecule has 0 heterocycles. The van der Waals surface area contributed by atoms with Gasteiger partial charge in [-0.25, -0.2) is 9.18 Å². The molecular formula is C14H17FN2O4. The highest BCUT2D eigenvalue weighted by Crippen LogP contribution is 2.28. The number of carboxylic acids is 1. The highest BCUT2D eigenvalue weighted by Gasteiger charge is 2.34. The maximum absolute atomic E-state index is 13.7. The first-order valence-electron chi connectivity index (χ1n) is 6.73. The molecule has 2 amide bonds. The van der Waals surface area contributed by atoms with E-state index in [2.05, 4.69) is 5.32 Å². The second-order valence-electron chi connectivity index (χ2n) is 4.76. The Balaban J connectivity index is 2.04. The van der Waals surface area contributed by atoms with Crippen LogP contribution in [0.4, 0.5) is 14.9 Å². The van der Waals surface area contributed by atoms with Crippen LogP contribution < -0.4 is 10.1 Å². The molecule has 114 valence electrons. The van der Waals surface area contributed by atoms with E-state index in [9.17, 15) is 14.0 Å². The van der Waals surface area contributed by atoms with Gasteiger partial charge >= 0.3 is 12.0 Å². The number of carboxylic acid groups (broad SMARTS) is 1. The first kappa shape index (κ1) is 15.1. The van der Waals surface area contributed by atoms with Crippen LogP contribution in [0.5, 0.6) is 5.75 Å². The predicted octanol–water partition coefficient (Wildman–Crippen LogP) is 2.31. The molecule has 2 N–H and O–H groups in total. The Kier molecular flexibility index (Phi) is 4.62. The van der Waals surface area contributed by atoms with E-state index >= 15 is 0 Å². The van der Waals surface area contributed by atoms with Gasteiger partial charge in [-0.3, -0.25) is 4.79 Å². The number of carbonyl (C=O) groups excluding carboxylic acids is 1. The van der Waals surface area contributed by atoms with Gasteiger partial charge < -0.3 is 20.1 Å². The molecule has 0 saturated heterocycles. The Labute approximate surface area is 121 Å². The number of anilines is 1. The Morgan fingerprint density at radius 3 is 2.71 bits per heavy atom. The van der Waals surface area contributed by atoms with Crippen LogP contribution in [0.1, 0.15) is 19.8 Å². The molecule has 0 aliphatic heterocycles. The number of urea groups is 1. The lowest BCUT2D eigenvalue weighted by Gasteiger charge is -2.20. The third-order valence-corrected chi connectivity index (χ3v) is 3.04. The minimum atomic E-state index is -1.07. The highest BCUT2D eigenvalue weighted by atomic mass is 19.1. The molecule has 0 aromatic heterocycles. The van der Waals surface area contributed by atoms with Crippen LogP contribution in [-0.4, -0.2) is 41.2 Å². The summed E-state index contributed by atoms with van der Waals surface area (Å²) >= 11 is 0. The van der Waals surface area contributed by atoms with E-state index in [-0.39, 0.29) is 24.0 Å². The molecule has 21 heavy (non-hydrogen) atoms. The van der Waals surface area contributed by atoms with Gasteiger partial charge in [0.1, 0.15) is 6.54 Å². The number of rotatable bonds is 6. The molecule has 1 saturated carbocycles. The lowest BCUT2D eigenvalue weighted by molar-refractivity contribution is -0.137. The third-order valence-electron chi connectivity index (χ3n) is 3.04. The average Bonchev–Trinajstić information content (AvgIpc) is 3.23. The number of ether oxygens (including phenoxy) is 1. The van der Waals surface area contributed by atoms with Crippen molar-refractivity contribution in [3.8, 4) is 5.75 Å². The zero-order valence-corrected chi connectivity index (χ0v) is 11.6. The summed E-state index contributed by atoms with van der Waals surface area (Å²) < 4.78 is 18.8. The van der Waals surface area contributed by atoms with Crippen LogP contribution >= 0.6 is 0 Å². The van der Waals surface area contributed by atoms with Gasteiger partial charge in [-0.2, -0.15) is 0 Å². The molecule has 6 nitrogen and oxygen atoms in total. The van der Waals surface area contributed by atoms with Gasteiger partial charge in [0.25, 0.3) is 0 Å². The molecule has 0 radical (unpaired) electrons. The monoisotopic (exact) mass is 296 g/mol. The summed E-state index contributed by atoms with van der Waals surface area (Å²) in [4.78, 5) is 24.1. The van der Waals surface area contributed by atoms with Crippen molar-refractivity contribution in [1.82, 2.24) is 4.90 Å². The molecule has 0 atom stereocenters. The summed E-state index contributed by atoms with van der Waals surface area (Å²) in [5, 5.41) is 11.3. The van der Waals surface area contributed by atoms with E-state index in [1.165, 1.54) is 17.0 Å². The molecule has 1 aromatic rings. The summed E-state index contributed by atoms with van der Waals surface area (Å²) in [6.07, 6.45) is 1.58. The van der Waals surface area contributed by atoms with E-state index in [4.69, 9.17) is 9.84 Å². The maximum atomic E-state index is 13.7. The molecule has 1 fully saturated rings. The molecule has 1 aromatic carbocycles. The first-order valence-corrected chi connectivity index (χ1v) is 6.73. The number of aliphatic carboxylic acids is 1. The number of amides is 2. The van der Waals surface area contributed by atoms with Crippen molar-refractivity contribution in [2.45, 2.75) is 25.8 Å². The number of nitrogens with one attached hydrogen (secondary N) is 1. The summed E-state index contributed by atoms with van der Waals surface area (Å²) in [6.45, 7) is 1.72. The van der Waals surface area contributed by atoms with E-state index < -0.39 is 17.8 Å². The zero-order chi connectivity index (χ0) is 15.4. The molecule has 0 bridgehead atoms. The Hall–Kier alpha value is -2.31. The summed E-state index contributed by atoms with van der Waals surface area (Å²) in [5.74, 6) is -1.54. The quantitative estimate of drug-likeness (QED) is 0.844. The molecule has 7 heteroatoms. The minimum absolute atomic E-state index is 0.0476. The second-order valence-corrected chi connectivity index (χ2v) is 4.76. The Morgan fingerprint density at radius 2 is 2.19 bits per heavy atom. The highest BCUT2D eigenvalue weighted by molar-refractivity contribution is 5.91. The molecule has 0 spiro atoms. The third kappa shape index (κ3) is 4.08. The lowest BCUT2D eigenvalue weighted by Crippen LogP contribution is -2.40. The van der Waals surface area contributed by atoms with Gasteiger partial charge in [0.05, 0.1) is 6.61 Å². The van der Waals surface area contributed by atoms with E-state index in [0.717, 1.165) is 18.9 Å². The number of carbonyl (C=O) groups is 2. The van der Waals surface area contributed by atoms with Gasteiger partial charge in [0, 0.05) is 17.8 Å². The standard InChI is InChI=1S/C14H17FN2O4/c1-2-21-12-6-3-9(7-11(12)15)16-14(20)17(8-13(18)19)10-4-5-10/h3,6-7,10H,2,4-5,8H2,1H3,(H,16,20)(H,18,19). The van der Waals surface area contributed by atoms with Crippen molar-refractivity contribution in [3.63, 3.8) is 0 Å². The zero-order valence-electron chi connectivity index (χ0n) is 11.6. The number of hydrogen-bond acceptors (Lipinski definition) is 3. The van der Waals surface area contributed by atoms with E-state index in [0.29, 0.717) is 6.61 Å². The van der Waals surface area contributed by atoms with Gasteiger partial charge in [-0.15, -0.1) is 0 Å². The van der Waals surface area contributed by atoms with Crippen LogP contribution in [0.3, 0.4) is 0 Å². The van der Waals surface area contributed by atoms with Crippen molar-refractivity contribution >= 4 is 17.7 Å². The Bertz CT molecular complexity index is 546. The number of halogens is 1. The number of benzene rings is 1. The molecular weight excluding hydrogens is 279 g/mol. The smallest absolute Gasteiger partial charge is 0.323 e. The fraction of sp³-hybridized carbons (Fsp3) is 0.429. The predicted molar refractivity (Wildman–Crippen MR) is 74.0 cm³/mol.